The van der Waals surface area contributed by atoms with Gasteiger partial charge in [0.1, 0.15) is 12.2 Å². The van der Waals surface area contributed by atoms with Crippen LogP contribution in [0.2, 0.25) is 0 Å². The van der Waals surface area contributed by atoms with Crippen LogP contribution >= 0.6 is 0 Å². The molecule has 0 aromatic heterocycles. The molecule has 1 aliphatic carbocycles. The van der Waals surface area contributed by atoms with Crippen molar-refractivity contribution < 1.29 is 14.3 Å². The van der Waals surface area contributed by atoms with Crippen LogP contribution in [-0.2, 0) is 9.47 Å². The Balaban J connectivity index is 2.29. The minimum Gasteiger partial charge on any atom is -0.431 e. The zero-order chi connectivity index (χ0) is 12.2. The van der Waals surface area contributed by atoms with Crippen LogP contribution in [0.3, 0.4) is 0 Å². The van der Waals surface area contributed by atoms with Gasteiger partial charge >= 0.3 is 6.16 Å². The Hall–Kier alpha value is -0.730. The Morgan fingerprint density at radius 1 is 1.19 bits per heavy atom. The third kappa shape index (κ3) is 4.42. The van der Waals surface area contributed by atoms with Crippen molar-refractivity contribution >= 4 is 6.16 Å². The highest BCUT2D eigenvalue weighted by Crippen LogP contribution is 2.24. The predicted octanol–water partition coefficient (Wildman–Crippen LogP) is 3.91. The van der Waals surface area contributed by atoms with E-state index >= 15 is 0 Å². The maximum absolute atomic E-state index is 11.5. The van der Waals surface area contributed by atoms with Crippen LogP contribution in [0.5, 0.6) is 0 Å². The fourth-order valence-corrected chi connectivity index (χ4v) is 1.67. The van der Waals surface area contributed by atoms with Crippen molar-refractivity contribution in [3.05, 3.63) is 0 Å². The highest BCUT2D eigenvalue weighted by atomic mass is 16.7. The van der Waals surface area contributed by atoms with Gasteiger partial charge in [-0.05, 0) is 38.0 Å². The predicted molar refractivity (Wildman–Crippen MR) is 63.4 cm³/mol. The maximum atomic E-state index is 11.5. The van der Waals surface area contributed by atoms with Gasteiger partial charge in [0.25, 0.3) is 0 Å². The van der Waals surface area contributed by atoms with Gasteiger partial charge < -0.3 is 9.47 Å². The smallest absolute Gasteiger partial charge is 0.431 e. The lowest BCUT2D eigenvalue weighted by molar-refractivity contribution is -0.0330. The molecule has 0 spiro atoms. The lowest BCUT2D eigenvalue weighted by atomic mass is 9.90. The Labute approximate surface area is 98.5 Å². The monoisotopic (exact) mass is 228 g/mol. The van der Waals surface area contributed by atoms with Crippen LogP contribution in [0.15, 0.2) is 0 Å². The molecule has 16 heavy (non-hydrogen) atoms. The molecule has 1 aliphatic rings. The molecule has 0 saturated heterocycles. The van der Waals surface area contributed by atoms with Crippen LogP contribution in [0, 0.1) is 5.41 Å². The molecule has 3 nitrogen and oxygen atoms in total. The average Bonchev–Trinajstić information content (AvgIpc) is 2.17. The first-order valence-corrected chi connectivity index (χ1v) is 6.27. The second-order valence-electron chi connectivity index (χ2n) is 5.75. The van der Waals surface area contributed by atoms with Crippen molar-refractivity contribution in [1.82, 2.24) is 0 Å². The van der Waals surface area contributed by atoms with Crippen LogP contribution in [0.1, 0.15) is 59.8 Å². The van der Waals surface area contributed by atoms with E-state index < -0.39 is 6.16 Å². The quantitative estimate of drug-likeness (QED) is 0.672. The largest absolute Gasteiger partial charge is 0.508 e. The standard InChI is InChI=1S/C13H24O3/c1-10(13(2,3)4)15-12(14)16-11-8-6-5-7-9-11/h10-11H,5-9H2,1-4H3. The third-order valence-corrected chi connectivity index (χ3v) is 3.31. The lowest BCUT2D eigenvalue weighted by Crippen LogP contribution is -2.31. The van der Waals surface area contributed by atoms with Gasteiger partial charge in [0.05, 0.1) is 0 Å². The molecular formula is C13H24O3. The number of carbonyl (C=O) groups is 1. The molecule has 0 amide bonds. The Bertz CT molecular complexity index is 224. The molecule has 0 radical (unpaired) electrons. The molecule has 1 atom stereocenters. The summed E-state index contributed by atoms with van der Waals surface area (Å²) in [6.45, 7) is 8.05. The van der Waals surface area contributed by atoms with Gasteiger partial charge in [0.15, 0.2) is 0 Å². The summed E-state index contributed by atoms with van der Waals surface area (Å²) in [5.41, 5.74) is -0.0361. The van der Waals surface area contributed by atoms with Crippen LogP contribution in [0.4, 0.5) is 4.79 Å². The Morgan fingerprint density at radius 2 is 1.75 bits per heavy atom. The van der Waals surface area contributed by atoms with Crippen molar-refractivity contribution in [2.24, 2.45) is 5.41 Å². The Kier molecular flexibility index (Phi) is 4.63. The van der Waals surface area contributed by atoms with E-state index in [2.05, 4.69) is 0 Å². The highest BCUT2D eigenvalue weighted by molar-refractivity contribution is 5.60. The first-order chi connectivity index (χ1) is 7.39. The van der Waals surface area contributed by atoms with Crippen molar-refractivity contribution in [2.45, 2.75) is 72.0 Å². The second kappa shape index (κ2) is 5.55. The normalized spacial score (nSPS) is 20.2. The number of ether oxygens (including phenoxy) is 2. The fourth-order valence-electron chi connectivity index (χ4n) is 1.67. The first kappa shape index (κ1) is 13.3. The third-order valence-electron chi connectivity index (χ3n) is 3.31. The van der Waals surface area contributed by atoms with E-state index in [-0.39, 0.29) is 17.6 Å². The van der Waals surface area contributed by atoms with Crippen molar-refractivity contribution in [3.8, 4) is 0 Å². The van der Waals surface area contributed by atoms with E-state index in [1.807, 2.05) is 27.7 Å². The van der Waals surface area contributed by atoms with E-state index in [1.54, 1.807) is 0 Å². The van der Waals surface area contributed by atoms with E-state index in [9.17, 15) is 4.79 Å². The maximum Gasteiger partial charge on any atom is 0.508 e. The van der Waals surface area contributed by atoms with E-state index in [0.29, 0.717) is 0 Å². The highest BCUT2D eigenvalue weighted by Gasteiger charge is 2.26. The molecule has 0 aromatic rings. The topological polar surface area (TPSA) is 35.5 Å². The van der Waals surface area contributed by atoms with Gasteiger partial charge in [-0.15, -0.1) is 0 Å². The van der Waals surface area contributed by atoms with Gasteiger partial charge in [0.2, 0.25) is 0 Å². The average molecular weight is 228 g/mol. The molecule has 0 aromatic carbocycles. The van der Waals surface area contributed by atoms with Gasteiger partial charge in [-0.1, -0.05) is 27.2 Å². The van der Waals surface area contributed by atoms with E-state index in [4.69, 9.17) is 9.47 Å². The minimum atomic E-state index is -0.505. The minimum absolute atomic E-state index is 0.0361. The van der Waals surface area contributed by atoms with Gasteiger partial charge in [-0.3, -0.25) is 0 Å². The summed E-state index contributed by atoms with van der Waals surface area (Å²) in [6.07, 6.45) is 5.00. The fraction of sp³-hybridized carbons (Fsp3) is 0.923. The molecule has 1 fully saturated rings. The zero-order valence-corrected chi connectivity index (χ0v) is 10.9. The number of carbonyl (C=O) groups excluding carboxylic acids is 1. The first-order valence-electron chi connectivity index (χ1n) is 6.27. The molecule has 1 unspecified atom stereocenters. The summed E-state index contributed by atoms with van der Waals surface area (Å²) < 4.78 is 10.6. The van der Waals surface area contributed by atoms with E-state index in [0.717, 1.165) is 25.7 Å². The second-order valence-corrected chi connectivity index (χ2v) is 5.75. The molecule has 0 bridgehead atoms. The molecule has 1 saturated carbocycles. The molecule has 0 N–H and O–H groups in total. The number of rotatable bonds is 2. The molecule has 3 heteroatoms. The molecule has 0 heterocycles. The van der Waals surface area contributed by atoms with Crippen molar-refractivity contribution in [1.29, 1.82) is 0 Å². The summed E-state index contributed by atoms with van der Waals surface area (Å²) >= 11 is 0. The van der Waals surface area contributed by atoms with Gasteiger partial charge in [-0.25, -0.2) is 4.79 Å². The van der Waals surface area contributed by atoms with Gasteiger partial charge in [0, 0.05) is 0 Å². The Morgan fingerprint density at radius 3 is 2.25 bits per heavy atom. The van der Waals surface area contributed by atoms with Crippen LogP contribution in [-0.4, -0.2) is 18.4 Å². The summed E-state index contributed by atoms with van der Waals surface area (Å²) in [6, 6.07) is 0. The van der Waals surface area contributed by atoms with Gasteiger partial charge in [-0.2, -0.15) is 0 Å². The molecule has 0 aliphatic heterocycles. The summed E-state index contributed by atoms with van der Waals surface area (Å²) in [7, 11) is 0. The number of hydrogen-bond donors (Lipinski definition) is 0. The van der Waals surface area contributed by atoms with Crippen LogP contribution < -0.4 is 0 Å². The summed E-state index contributed by atoms with van der Waals surface area (Å²) in [5.74, 6) is 0. The van der Waals surface area contributed by atoms with Crippen molar-refractivity contribution in [3.63, 3.8) is 0 Å². The van der Waals surface area contributed by atoms with Crippen LogP contribution in [0.25, 0.3) is 0 Å². The van der Waals surface area contributed by atoms with Crippen molar-refractivity contribution in [2.75, 3.05) is 0 Å². The summed E-state index contributed by atoms with van der Waals surface area (Å²) in [4.78, 5) is 11.5. The number of hydrogen-bond acceptors (Lipinski definition) is 3. The summed E-state index contributed by atoms with van der Waals surface area (Å²) in [5, 5.41) is 0. The molecule has 94 valence electrons. The molecular weight excluding hydrogens is 204 g/mol. The van der Waals surface area contributed by atoms with E-state index in [1.165, 1.54) is 6.42 Å². The zero-order valence-electron chi connectivity index (χ0n) is 10.9. The SMILES string of the molecule is CC(OC(=O)OC1CCCCC1)C(C)(C)C. The lowest BCUT2D eigenvalue weighted by Gasteiger charge is -2.28. The molecule has 1 rings (SSSR count).